The van der Waals surface area contributed by atoms with Crippen molar-refractivity contribution in [2.24, 2.45) is 0 Å². The Morgan fingerprint density at radius 2 is 1.84 bits per heavy atom. The van der Waals surface area contributed by atoms with Crippen LogP contribution in [0.1, 0.15) is 59.5 Å². The van der Waals surface area contributed by atoms with Crippen LogP contribution in [0.15, 0.2) is 48.5 Å². The van der Waals surface area contributed by atoms with Crippen LogP contribution < -0.4 is 5.32 Å². The van der Waals surface area contributed by atoms with Crippen LogP contribution in [0.5, 0.6) is 0 Å². The number of carbonyl (C=O) groups excluding carboxylic acids is 2. The third-order valence-corrected chi connectivity index (χ3v) is 6.73. The normalized spacial score (nSPS) is 19.9. The van der Waals surface area contributed by atoms with E-state index >= 15 is 0 Å². The van der Waals surface area contributed by atoms with E-state index in [0.29, 0.717) is 24.3 Å². The minimum absolute atomic E-state index is 0.0345. The smallest absolute Gasteiger partial charge is 0.254 e. The van der Waals surface area contributed by atoms with Gasteiger partial charge in [0.2, 0.25) is 5.91 Å². The molecule has 2 aromatic carbocycles. The van der Waals surface area contributed by atoms with E-state index in [0.717, 1.165) is 37.7 Å². The summed E-state index contributed by atoms with van der Waals surface area (Å²) in [5.41, 5.74) is 1.21. The molecule has 6 heteroatoms. The molecular weight excluding hydrogens is 395 g/mol. The van der Waals surface area contributed by atoms with E-state index in [4.69, 9.17) is 4.74 Å². The number of amides is 2. The lowest BCUT2D eigenvalue weighted by Gasteiger charge is -2.53. The molecule has 164 valence electrons. The van der Waals surface area contributed by atoms with Crippen LogP contribution >= 0.6 is 0 Å². The molecule has 0 aromatic heterocycles. The molecule has 0 radical (unpaired) electrons. The zero-order chi connectivity index (χ0) is 21.8. The summed E-state index contributed by atoms with van der Waals surface area (Å²) in [6.45, 7) is 0.978. The Hall–Kier alpha value is -2.73. The Labute approximate surface area is 182 Å². The highest BCUT2D eigenvalue weighted by atomic mass is 19.1. The highest BCUT2D eigenvalue weighted by Gasteiger charge is 2.54. The van der Waals surface area contributed by atoms with Crippen molar-refractivity contribution in [2.45, 2.75) is 50.1 Å². The molecular formula is C25H29FN2O3. The molecule has 1 fully saturated rings. The molecule has 0 unspecified atom stereocenters. The van der Waals surface area contributed by atoms with Gasteiger partial charge in [-0.05, 0) is 30.5 Å². The van der Waals surface area contributed by atoms with Gasteiger partial charge in [-0.15, -0.1) is 0 Å². The number of fused-ring (bicyclic) bond motifs is 1. The summed E-state index contributed by atoms with van der Waals surface area (Å²) >= 11 is 0. The van der Waals surface area contributed by atoms with Gasteiger partial charge >= 0.3 is 0 Å². The third-order valence-electron chi connectivity index (χ3n) is 6.73. The fourth-order valence-corrected chi connectivity index (χ4v) is 5.28. The number of halogens is 1. The number of benzene rings is 2. The van der Waals surface area contributed by atoms with Crippen LogP contribution in [0, 0.1) is 5.82 Å². The van der Waals surface area contributed by atoms with Crippen LogP contribution in [0.25, 0.3) is 0 Å². The lowest BCUT2D eigenvalue weighted by Crippen LogP contribution is -2.63. The Balaban J connectivity index is 1.72. The van der Waals surface area contributed by atoms with Crippen molar-refractivity contribution in [1.29, 1.82) is 0 Å². The number of nitrogens with one attached hydrogen (secondary N) is 1. The lowest BCUT2D eigenvalue weighted by atomic mass is 9.65. The number of carbonyl (C=O) groups is 2. The fourth-order valence-electron chi connectivity index (χ4n) is 5.28. The highest BCUT2D eigenvalue weighted by molar-refractivity contribution is 6.02. The van der Waals surface area contributed by atoms with Crippen molar-refractivity contribution in [3.63, 3.8) is 0 Å². The Kier molecular flexibility index (Phi) is 6.37. The van der Waals surface area contributed by atoms with Crippen molar-refractivity contribution in [1.82, 2.24) is 10.2 Å². The average molecular weight is 425 g/mol. The maximum Gasteiger partial charge on any atom is 0.254 e. The predicted octanol–water partition coefficient (Wildman–Crippen LogP) is 4.03. The van der Waals surface area contributed by atoms with E-state index < -0.39 is 11.5 Å². The van der Waals surface area contributed by atoms with Crippen molar-refractivity contribution in [2.75, 3.05) is 20.3 Å². The van der Waals surface area contributed by atoms with Crippen LogP contribution in [0.3, 0.4) is 0 Å². The first kappa shape index (κ1) is 21.5. The standard InChI is InChI=1S/C25H29FN2O3/c1-31-16-15-28-24(30)20-11-5-4-10-19(20)22(25(28)13-7-2-8-14-25)23(29)27-17-18-9-3-6-12-21(18)26/h3-6,9-12,22H,2,7-8,13-17H2,1H3,(H,27,29)/t22-/m1/s1. The zero-order valence-corrected chi connectivity index (χ0v) is 17.9. The molecule has 1 aliphatic carbocycles. The number of rotatable bonds is 6. The van der Waals surface area contributed by atoms with Crippen LogP contribution in [0.4, 0.5) is 4.39 Å². The summed E-state index contributed by atoms with van der Waals surface area (Å²) in [6, 6.07) is 13.9. The molecule has 0 saturated heterocycles. The van der Waals surface area contributed by atoms with Crippen molar-refractivity contribution in [3.8, 4) is 0 Å². The van der Waals surface area contributed by atoms with Gasteiger partial charge in [0, 0.05) is 31.3 Å². The van der Waals surface area contributed by atoms with Gasteiger partial charge in [-0.1, -0.05) is 55.7 Å². The maximum atomic E-state index is 14.1. The molecule has 4 rings (SSSR count). The molecule has 1 aliphatic heterocycles. The molecule has 1 atom stereocenters. The van der Waals surface area contributed by atoms with Crippen LogP contribution in [-0.2, 0) is 16.1 Å². The van der Waals surface area contributed by atoms with Gasteiger partial charge in [0.1, 0.15) is 5.82 Å². The largest absolute Gasteiger partial charge is 0.383 e. The van der Waals surface area contributed by atoms with E-state index in [-0.39, 0.29) is 24.2 Å². The van der Waals surface area contributed by atoms with Gasteiger partial charge in [-0.3, -0.25) is 9.59 Å². The molecule has 1 saturated carbocycles. The van der Waals surface area contributed by atoms with Gasteiger partial charge < -0.3 is 15.0 Å². The molecule has 0 bridgehead atoms. The number of methoxy groups -OCH3 is 1. The molecule has 5 nitrogen and oxygen atoms in total. The Morgan fingerprint density at radius 1 is 1.13 bits per heavy atom. The fraction of sp³-hybridized carbons (Fsp3) is 0.440. The Morgan fingerprint density at radius 3 is 2.58 bits per heavy atom. The van der Waals surface area contributed by atoms with E-state index in [2.05, 4.69) is 5.32 Å². The van der Waals surface area contributed by atoms with E-state index in [1.165, 1.54) is 6.07 Å². The molecule has 1 N–H and O–H groups in total. The molecule has 31 heavy (non-hydrogen) atoms. The third kappa shape index (κ3) is 3.97. The van der Waals surface area contributed by atoms with E-state index in [1.807, 2.05) is 23.1 Å². The van der Waals surface area contributed by atoms with Gasteiger partial charge in [0.15, 0.2) is 0 Å². The summed E-state index contributed by atoms with van der Waals surface area (Å²) in [6.07, 6.45) is 4.58. The second-order valence-corrected chi connectivity index (χ2v) is 8.44. The molecule has 2 aromatic rings. The topological polar surface area (TPSA) is 58.6 Å². The second-order valence-electron chi connectivity index (χ2n) is 8.44. The summed E-state index contributed by atoms with van der Waals surface area (Å²) < 4.78 is 19.4. The first-order chi connectivity index (χ1) is 15.1. The molecule has 2 aliphatic rings. The number of hydrogen-bond acceptors (Lipinski definition) is 3. The maximum absolute atomic E-state index is 14.1. The predicted molar refractivity (Wildman–Crippen MR) is 116 cm³/mol. The average Bonchev–Trinajstić information content (AvgIpc) is 2.79. The van der Waals surface area contributed by atoms with Crippen molar-refractivity contribution < 1.29 is 18.7 Å². The highest BCUT2D eigenvalue weighted by Crippen LogP contribution is 2.49. The summed E-state index contributed by atoms with van der Waals surface area (Å²) in [7, 11) is 1.62. The van der Waals surface area contributed by atoms with Gasteiger partial charge in [-0.2, -0.15) is 0 Å². The minimum Gasteiger partial charge on any atom is -0.383 e. The zero-order valence-electron chi connectivity index (χ0n) is 17.9. The monoisotopic (exact) mass is 424 g/mol. The first-order valence-corrected chi connectivity index (χ1v) is 11.0. The van der Waals surface area contributed by atoms with Crippen molar-refractivity contribution >= 4 is 11.8 Å². The van der Waals surface area contributed by atoms with Gasteiger partial charge in [0.05, 0.1) is 18.1 Å². The summed E-state index contributed by atoms with van der Waals surface area (Å²) in [4.78, 5) is 29.0. The lowest BCUT2D eigenvalue weighted by molar-refractivity contribution is -0.127. The molecule has 2 amide bonds. The Bertz CT molecular complexity index is 955. The second kappa shape index (κ2) is 9.18. The van der Waals surface area contributed by atoms with Crippen LogP contribution in [0.2, 0.25) is 0 Å². The SMILES string of the molecule is COCCN1C(=O)c2ccccc2[C@H](C(=O)NCc2ccccc2F)C12CCCCC2. The first-order valence-electron chi connectivity index (χ1n) is 11.0. The van der Waals surface area contributed by atoms with Gasteiger partial charge in [-0.25, -0.2) is 4.39 Å². The summed E-state index contributed by atoms with van der Waals surface area (Å²) in [5.74, 6) is -1.03. The van der Waals surface area contributed by atoms with E-state index in [9.17, 15) is 14.0 Å². The van der Waals surface area contributed by atoms with E-state index in [1.54, 1.807) is 31.4 Å². The quantitative estimate of drug-likeness (QED) is 0.762. The van der Waals surface area contributed by atoms with Crippen molar-refractivity contribution in [3.05, 3.63) is 71.0 Å². The molecule has 1 heterocycles. The number of hydrogen-bond donors (Lipinski definition) is 1. The van der Waals surface area contributed by atoms with Gasteiger partial charge in [0.25, 0.3) is 5.91 Å². The minimum atomic E-state index is -0.582. The summed E-state index contributed by atoms with van der Waals surface area (Å²) in [5, 5.41) is 2.97. The molecule has 1 spiro atoms. The number of nitrogens with zero attached hydrogens (tertiary/aromatic N) is 1. The van der Waals surface area contributed by atoms with Crippen LogP contribution in [-0.4, -0.2) is 42.5 Å². The number of ether oxygens (including phenoxy) is 1.